The van der Waals surface area contributed by atoms with Crippen LogP contribution in [-0.4, -0.2) is 0 Å². The highest BCUT2D eigenvalue weighted by Gasteiger charge is 2.15. The van der Waals surface area contributed by atoms with E-state index in [-0.39, 0.29) is 0 Å². The van der Waals surface area contributed by atoms with Gasteiger partial charge in [0.2, 0.25) is 0 Å². The van der Waals surface area contributed by atoms with E-state index in [0.717, 1.165) is 50.1 Å². The van der Waals surface area contributed by atoms with E-state index in [1.165, 1.54) is 33.0 Å². The van der Waals surface area contributed by atoms with Gasteiger partial charge in [-0.05, 0) is 105 Å². The van der Waals surface area contributed by atoms with Crippen LogP contribution in [-0.2, 0) is 0 Å². The zero-order chi connectivity index (χ0) is 31.9. The molecule has 2 heteroatoms. The molecule has 0 aliphatic rings. The maximum Gasteiger partial charge on any atom is 0.135 e. The fourth-order valence-corrected chi connectivity index (χ4v) is 6.88. The van der Waals surface area contributed by atoms with Crippen LogP contribution >= 0.6 is 0 Å². The average Bonchev–Trinajstić information content (AvgIpc) is 3.53. The van der Waals surface area contributed by atoms with Crippen LogP contribution in [0.2, 0.25) is 0 Å². The molecule has 0 bridgehead atoms. The van der Waals surface area contributed by atoms with E-state index in [9.17, 15) is 0 Å². The van der Waals surface area contributed by atoms with Gasteiger partial charge in [0.1, 0.15) is 11.2 Å². The Morgan fingerprint density at radius 3 is 1.58 bits per heavy atom. The summed E-state index contributed by atoms with van der Waals surface area (Å²) in [6, 6.07) is 66.9. The lowest BCUT2D eigenvalue weighted by Gasteiger charge is -2.26. The standard InChI is InChI=1S/C46H31NO/c1-3-11-32(12-4-1)36-23-27-45-43(30-36)44-31-37(24-28-46(44)48-45)35-15-9-18-40(29-35)47(38-16-5-2-6-17-38)39-25-21-34(22-26-39)42-20-10-14-33-13-7-8-19-41(33)42/h1-31H. The Morgan fingerprint density at radius 1 is 0.312 bits per heavy atom. The number of benzene rings is 8. The van der Waals surface area contributed by atoms with Gasteiger partial charge in [0.25, 0.3) is 0 Å². The summed E-state index contributed by atoms with van der Waals surface area (Å²) in [4.78, 5) is 2.33. The monoisotopic (exact) mass is 613 g/mol. The number of anilines is 3. The van der Waals surface area contributed by atoms with Gasteiger partial charge in [-0.3, -0.25) is 0 Å². The zero-order valence-electron chi connectivity index (χ0n) is 26.3. The van der Waals surface area contributed by atoms with Crippen molar-refractivity contribution >= 4 is 49.8 Å². The van der Waals surface area contributed by atoms with Crippen molar-refractivity contribution in [3.05, 3.63) is 188 Å². The Labute approximate surface area is 279 Å². The minimum absolute atomic E-state index is 0.896. The average molecular weight is 614 g/mol. The van der Waals surface area contributed by atoms with Gasteiger partial charge < -0.3 is 9.32 Å². The molecule has 1 heterocycles. The minimum atomic E-state index is 0.896. The van der Waals surface area contributed by atoms with Crippen LogP contribution in [0.1, 0.15) is 0 Å². The second-order valence-corrected chi connectivity index (χ2v) is 12.2. The maximum absolute atomic E-state index is 6.27. The first-order chi connectivity index (χ1) is 23.8. The molecule has 0 saturated carbocycles. The molecular weight excluding hydrogens is 583 g/mol. The van der Waals surface area contributed by atoms with Crippen LogP contribution in [0, 0.1) is 0 Å². The predicted molar refractivity (Wildman–Crippen MR) is 202 cm³/mol. The van der Waals surface area contributed by atoms with Gasteiger partial charge in [-0.1, -0.05) is 127 Å². The van der Waals surface area contributed by atoms with Crippen LogP contribution in [0.3, 0.4) is 0 Å². The summed E-state index contributed by atoms with van der Waals surface area (Å²) >= 11 is 0. The third kappa shape index (κ3) is 5.01. The smallest absolute Gasteiger partial charge is 0.135 e. The van der Waals surface area contributed by atoms with Gasteiger partial charge in [0, 0.05) is 27.8 Å². The maximum atomic E-state index is 6.27. The number of para-hydroxylation sites is 1. The van der Waals surface area contributed by atoms with Gasteiger partial charge in [0.05, 0.1) is 0 Å². The quantitative estimate of drug-likeness (QED) is 0.185. The largest absolute Gasteiger partial charge is 0.456 e. The van der Waals surface area contributed by atoms with Gasteiger partial charge >= 0.3 is 0 Å². The van der Waals surface area contributed by atoms with Crippen molar-refractivity contribution in [3.63, 3.8) is 0 Å². The number of fused-ring (bicyclic) bond motifs is 4. The molecule has 0 radical (unpaired) electrons. The van der Waals surface area contributed by atoms with Crippen molar-refractivity contribution in [3.8, 4) is 33.4 Å². The molecule has 0 unspecified atom stereocenters. The molecule has 2 nitrogen and oxygen atoms in total. The summed E-state index contributed by atoms with van der Waals surface area (Å²) in [5, 5.41) is 4.76. The number of furan rings is 1. The topological polar surface area (TPSA) is 16.4 Å². The van der Waals surface area contributed by atoms with Gasteiger partial charge in [0.15, 0.2) is 0 Å². The van der Waals surface area contributed by atoms with E-state index in [1.54, 1.807) is 0 Å². The highest BCUT2D eigenvalue weighted by molar-refractivity contribution is 6.07. The molecule has 0 atom stereocenters. The van der Waals surface area contributed by atoms with E-state index >= 15 is 0 Å². The molecule has 0 aliphatic heterocycles. The summed E-state index contributed by atoms with van der Waals surface area (Å²) in [6.07, 6.45) is 0. The van der Waals surface area contributed by atoms with Crippen LogP contribution in [0.4, 0.5) is 17.1 Å². The Morgan fingerprint density at radius 2 is 0.833 bits per heavy atom. The first-order valence-electron chi connectivity index (χ1n) is 16.3. The van der Waals surface area contributed by atoms with Crippen molar-refractivity contribution < 1.29 is 4.42 Å². The lowest BCUT2D eigenvalue weighted by Crippen LogP contribution is -2.09. The molecule has 48 heavy (non-hydrogen) atoms. The van der Waals surface area contributed by atoms with Crippen molar-refractivity contribution in [2.75, 3.05) is 4.90 Å². The minimum Gasteiger partial charge on any atom is -0.456 e. The molecule has 0 aliphatic carbocycles. The fourth-order valence-electron chi connectivity index (χ4n) is 6.88. The molecule has 0 amide bonds. The molecule has 9 rings (SSSR count). The second-order valence-electron chi connectivity index (χ2n) is 12.2. The molecule has 0 N–H and O–H groups in total. The van der Waals surface area contributed by atoms with E-state index in [2.05, 4.69) is 193 Å². The molecular formula is C46H31NO. The van der Waals surface area contributed by atoms with Crippen molar-refractivity contribution in [1.29, 1.82) is 0 Å². The highest BCUT2D eigenvalue weighted by Crippen LogP contribution is 2.40. The summed E-state index contributed by atoms with van der Waals surface area (Å²) in [7, 11) is 0. The first kappa shape index (κ1) is 27.9. The summed E-state index contributed by atoms with van der Waals surface area (Å²) < 4.78 is 6.27. The van der Waals surface area contributed by atoms with Gasteiger partial charge in [-0.2, -0.15) is 0 Å². The summed E-state index contributed by atoms with van der Waals surface area (Å²) in [6.45, 7) is 0. The van der Waals surface area contributed by atoms with Crippen LogP contribution in [0.25, 0.3) is 66.1 Å². The van der Waals surface area contributed by atoms with Crippen molar-refractivity contribution in [1.82, 2.24) is 0 Å². The lowest BCUT2D eigenvalue weighted by molar-refractivity contribution is 0.669. The number of nitrogens with zero attached hydrogens (tertiary/aromatic N) is 1. The van der Waals surface area contributed by atoms with Crippen LogP contribution in [0.5, 0.6) is 0 Å². The predicted octanol–water partition coefficient (Wildman–Crippen LogP) is 13.2. The molecule has 0 saturated heterocycles. The Hall–Kier alpha value is -6.38. The third-order valence-electron chi connectivity index (χ3n) is 9.25. The highest BCUT2D eigenvalue weighted by atomic mass is 16.3. The summed E-state index contributed by atoms with van der Waals surface area (Å²) in [5.74, 6) is 0. The van der Waals surface area contributed by atoms with E-state index in [1.807, 2.05) is 0 Å². The van der Waals surface area contributed by atoms with Crippen molar-refractivity contribution in [2.45, 2.75) is 0 Å². The van der Waals surface area contributed by atoms with Gasteiger partial charge in [-0.15, -0.1) is 0 Å². The number of hydrogen-bond acceptors (Lipinski definition) is 2. The molecule has 0 fully saturated rings. The fraction of sp³-hybridized carbons (Fsp3) is 0. The Bertz CT molecular complexity index is 2540. The molecule has 226 valence electrons. The molecule has 0 spiro atoms. The Kier molecular flexibility index (Phi) is 6.84. The first-order valence-corrected chi connectivity index (χ1v) is 16.3. The molecule has 8 aromatic carbocycles. The lowest BCUT2D eigenvalue weighted by atomic mass is 9.98. The van der Waals surface area contributed by atoms with E-state index < -0.39 is 0 Å². The Balaban J connectivity index is 1.12. The van der Waals surface area contributed by atoms with Gasteiger partial charge in [-0.25, -0.2) is 0 Å². The van der Waals surface area contributed by atoms with Crippen molar-refractivity contribution in [2.24, 2.45) is 0 Å². The van der Waals surface area contributed by atoms with E-state index in [0.29, 0.717) is 0 Å². The molecule has 1 aromatic heterocycles. The normalized spacial score (nSPS) is 11.3. The number of hydrogen-bond donors (Lipinski definition) is 0. The van der Waals surface area contributed by atoms with E-state index in [4.69, 9.17) is 4.42 Å². The zero-order valence-corrected chi connectivity index (χ0v) is 26.3. The van der Waals surface area contributed by atoms with Crippen LogP contribution in [0.15, 0.2) is 192 Å². The third-order valence-corrected chi connectivity index (χ3v) is 9.25. The summed E-state index contributed by atoms with van der Waals surface area (Å²) in [5.41, 5.74) is 12.2. The molecule has 9 aromatic rings. The number of rotatable bonds is 6. The van der Waals surface area contributed by atoms with Crippen LogP contribution < -0.4 is 4.90 Å². The second kappa shape index (κ2) is 11.8. The SMILES string of the molecule is c1ccc(-c2ccc3oc4ccc(-c5cccc(N(c6ccccc6)c6ccc(-c7cccc8ccccc78)cc6)c5)cc4c3c2)cc1.